The number of hydrogen-bond donors (Lipinski definition) is 0. The van der Waals surface area contributed by atoms with E-state index in [4.69, 9.17) is 23.2 Å². The second kappa shape index (κ2) is 7.12. The lowest BCUT2D eigenvalue weighted by molar-refractivity contribution is -0.133. The highest BCUT2D eigenvalue weighted by Crippen LogP contribution is 2.30. The summed E-state index contributed by atoms with van der Waals surface area (Å²) in [5.74, 6) is -0.672. The van der Waals surface area contributed by atoms with Crippen molar-refractivity contribution >= 4 is 29.1 Å². The van der Waals surface area contributed by atoms with Crippen LogP contribution >= 0.6 is 23.2 Å². The molecular formula is C19H17Cl2FNO. The first-order chi connectivity index (χ1) is 11.5. The topological polar surface area (TPSA) is 20.3 Å². The van der Waals surface area contributed by atoms with Gasteiger partial charge in [0.2, 0.25) is 5.91 Å². The maximum absolute atomic E-state index is 13.5. The Morgan fingerprint density at radius 3 is 2.67 bits per heavy atom. The zero-order valence-corrected chi connectivity index (χ0v) is 14.6. The lowest BCUT2D eigenvalue weighted by atomic mass is 9.93. The number of nitrogens with zero attached hydrogens (tertiary/aromatic N) is 1. The van der Waals surface area contributed by atoms with Gasteiger partial charge in [-0.1, -0.05) is 42.3 Å². The number of fused-ring (bicyclic) bond motifs is 1. The average Bonchev–Trinajstić information content (AvgIpc) is 2.57. The molecule has 0 spiro atoms. The molecule has 24 heavy (non-hydrogen) atoms. The van der Waals surface area contributed by atoms with E-state index in [0.717, 1.165) is 23.1 Å². The van der Waals surface area contributed by atoms with Gasteiger partial charge in [0.25, 0.3) is 0 Å². The minimum atomic E-state index is -0.380. The number of hydrogen-bond acceptors (Lipinski definition) is 1. The fourth-order valence-corrected chi connectivity index (χ4v) is 3.40. The molecule has 2 aromatic rings. The quantitative estimate of drug-likeness (QED) is 0.748. The first-order valence-corrected chi connectivity index (χ1v) is 8.55. The number of carbonyl (C=O) groups excluding carboxylic acids is 1. The molecule has 0 saturated carbocycles. The zero-order valence-electron chi connectivity index (χ0n) is 13.1. The number of rotatable bonds is 3. The summed E-state index contributed by atoms with van der Waals surface area (Å²) in [6.07, 6.45) is 1.15. The van der Waals surface area contributed by atoms with Crippen molar-refractivity contribution in [3.8, 4) is 0 Å². The van der Waals surface area contributed by atoms with Crippen LogP contribution in [-0.2, 0) is 17.8 Å². The van der Waals surface area contributed by atoms with E-state index in [1.807, 2.05) is 0 Å². The Morgan fingerprint density at radius 1 is 1.17 bits per heavy atom. The Kier molecular flexibility index (Phi) is 5.12. The van der Waals surface area contributed by atoms with Gasteiger partial charge in [-0.2, -0.15) is 0 Å². The molecule has 1 amide bonds. The van der Waals surface area contributed by atoms with Crippen molar-refractivity contribution in [3.63, 3.8) is 0 Å². The van der Waals surface area contributed by atoms with Crippen LogP contribution in [0.25, 0.3) is 0 Å². The van der Waals surface area contributed by atoms with Crippen LogP contribution in [0.15, 0.2) is 36.4 Å². The molecule has 1 atom stereocenters. The van der Waals surface area contributed by atoms with Gasteiger partial charge in [0.05, 0.1) is 16.0 Å². The normalized spacial score (nSPS) is 15.1. The van der Waals surface area contributed by atoms with E-state index in [2.05, 4.69) is 6.92 Å². The highest BCUT2D eigenvalue weighted by Gasteiger charge is 2.28. The summed E-state index contributed by atoms with van der Waals surface area (Å²) in [5, 5.41) is 0.879. The molecule has 1 radical (unpaired) electrons. The summed E-state index contributed by atoms with van der Waals surface area (Å²) in [5.41, 5.74) is 2.77. The Hall–Kier alpha value is -1.58. The Balaban J connectivity index is 1.83. The minimum absolute atomic E-state index is 0.0155. The molecule has 0 bridgehead atoms. The van der Waals surface area contributed by atoms with Crippen LogP contribution in [0.2, 0.25) is 10.0 Å². The number of benzene rings is 2. The van der Waals surface area contributed by atoms with Gasteiger partial charge in [0.15, 0.2) is 0 Å². The monoisotopic (exact) mass is 364 g/mol. The zero-order chi connectivity index (χ0) is 17.3. The van der Waals surface area contributed by atoms with Crippen molar-refractivity contribution in [2.24, 2.45) is 0 Å². The molecule has 0 saturated heterocycles. The molecule has 2 aromatic carbocycles. The van der Waals surface area contributed by atoms with Crippen molar-refractivity contribution in [2.75, 3.05) is 6.54 Å². The van der Waals surface area contributed by atoms with Crippen LogP contribution in [0.1, 0.15) is 29.0 Å². The van der Waals surface area contributed by atoms with Gasteiger partial charge in [-0.25, -0.2) is 4.39 Å². The highest BCUT2D eigenvalue weighted by atomic mass is 35.5. The van der Waals surface area contributed by atoms with Gasteiger partial charge in [0, 0.05) is 13.1 Å². The van der Waals surface area contributed by atoms with E-state index in [-0.39, 0.29) is 17.6 Å². The second-order valence-electron chi connectivity index (χ2n) is 5.94. The molecule has 0 aromatic heterocycles. The van der Waals surface area contributed by atoms with Crippen molar-refractivity contribution in [1.82, 2.24) is 4.90 Å². The summed E-state index contributed by atoms with van der Waals surface area (Å²) in [7, 11) is 0. The van der Waals surface area contributed by atoms with Gasteiger partial charge in [0.1, 0.15) is 5.82 Å². The van der Waals surface area contributed by atoms with Crippen molar-refractivity contribution < 1.29 is 9.18 Å². The maximum atomic E-state index is 13.5. The third kappa shape index (κ3) is 3.42. The summed E-state index contributed by atoms with van der Waals surface area (Å²) in [6.45, 7) is 4.95. The molecule has 2 nitrogen and oxygen atoms in total. The Morgan fingerprint density at radius 2 is 1.96 bits per heavy atom. The largest absolute Gasteiger partial charge is 0.337 e. The summed E-state index contributed by atoms with van der Waals surface area (Å²) in [4.78, 5) is 14.7. The van der Waals surface area contributed by atoms with E-state index < -0.39 is 0 Å². The van der Waals surface area contributed by atoms with Crippen molar-refractivity contribution in [3.05, 3.63) is 75.9 Å². The van der Waals surface area contributed by atoms with Crippen LogP contribution in [0.3, 0.4) is 0 Å². The summed E-state index contributed by atoms with van der Waals surface area (Å²) >= 11 is 12.0. The molecule has 1 aliphatic rings. The molecule has 0 unspecified atom stereocenters. The van der Waals surface area contributed by atoms with Gasteiger partial charge in [-0.3, -0.25) is 4.79 Å². The highest BCUT2D eigenvalue weighted by molar-refractivity contribution is 6.42. The molecule has 0 fully saturated rings. The van der Waals surface area contributed by atoms with Crippen molar-refractivity contribution in [2.45, 2.75) is 25.3 Å². The van der Waals surface area contributed by atoms with Crippen molar-refractivity contribution in [1.29, 1.82) is 0 Å². The lowest BCUT2D eigenvalue weighted by Gasteiger charge is -2.32. The van der Waals surface area contributed by atoms with E-state index in [9.17, 15) is 9.18 Å². The standard InChI is InChI=1S/C19H17Cl2FNO/c1-2-16(13-4-6-17(20)18(21)10-13)19(24)23-8-7-12-3-5-15(22)9-14(12)11-23/h3-6,9-10,16H,1-2,7-8,11H2/t16-/m1/s1. The first-order valence-electron chi connectivity index (χ1n) is 7.80. The van der Waals surface area contributed by atoms with E-state index in [1.165, 1.54) is 12.1 Å². The van der Waals surface area contributed by atoms with E-state index >= 15 is 0 Å². The van der Waals surface area contributed by atoms with Gasteiger partial charge in [-0.15, -0.1) is 0 Å². The average molecular weight is 365 g/mol. The number of amides is 1. The van der Waals surface area contributed by atoms with Gasteiger partial charge >= 0.3 is 0 Å². The summed E-state index contributed by atoms with van der Waals surface area (Å²) in [6, 6.07) is 9.98. The predicted molar refractivity (Wildman–Crippen MR) is 94.7 cm³/mol. The fraction of sp³-hybridized carbons (Fsp3) is 0.263. The second-order valence-corrected chi connectivity index (χ2v) is 6.75. The van der Waals surface area contributed by atoms with Crippen LogP contribution in [0.4, 0.5) is 4.39 Å². The first kappa shape index (κ1) is 17.2. The maximum Gasteiger partial charge on any atom is 0.230 e. The third-order valence-corrected chi connectivity index (χ3v) is 5.16. The van der Waals surface area contributed by atoms with Gasteiger partial charge in [-0.05, 0) is 53.8 Å². The van der Waals surface area contributed by atoms with E-state index in [1.54, 1.807) is 29.2 Å². The third-order valence-electron chi connectivity index (χ3n) is 4.43. The number of carbonyl (C=O) groups is 1. The molecule has 0 N–H and O–H groups in total. The van der Waals surface area contributed by atoms with Crippen LogP contribution in [-0.4, -0.2) is 17.4 Å². The molecule has 1 heterocycles. The molecule has 5 heteroatoms. The summed E-state index contributed by atoms with van der Waals surface area (Å²) < 4.78 is 13.5. The molecule has 3 rings (SSSR count). The molecule has 125 valence electrons. The lowest BCUT2D eigenvalue weighted by Crippen LogP contribution is -2.39. The van der Waals surface area contributed by atoms with Crippen LogP contribution in [0.5, 0.6) is 0 Å². The van der Waals surface area contributed by atoms with Gasteiger partial charge < -0.3 is 4.90 Å². The smallest absolute Gasteiger partial charge is 0.230 e. The fourth-order valence-electron chi connectivity index (χ4n) is 3.10. The molecular weight excluding hydrogens is 348 g/mol. The SMILES string of the molecule is [CH2]C[C@@H](C(=O)N1CCc2ccc(F)cc2C1)c1ccc(Cl)c(Cl)c1. The van der Waals surface area contributed by atoms with E-state index in [0.29, 0.717) is 29.6 Å². The Bertz CT molecular complexity index is 778. The Labute approximate surface area is 151 Å². The van der Waals surface area contributed by atoms with Crippen LogP contribution < -0.4 is 0 Å². The molecule has 0 aliphatic carbocycles. The number of halogens is 3. The predicted octanol–water partition coefficient (Wildman–Crippen LogP) is 5.03. The van der Waals surface area contributed by atoms with Crippen LogP contribution in [0, 0.1) is 12.7 Å². The minimum Gasteiger partial charge on any atom is -0.337 e. The molecule has 1 aliphatic heterocycles.